The van der Waals surface area contributed by atoms with Gasteiger partial charge in [-0.3, -0.25) is 9.59 Å². The SMILES string of the molecule is COCCNC(=O)Cc1ccc2c(c1)CC(=O)N2C. The second-order valence-corrected chi connectivity index (χ2v) is 4.61. The molecule has 0 unspecified atom stereocenters. The largest absolute Gasteiger partial charge is 0.383 e. The van der Waals surface area contributed by atoms with Crippen molar-refractivity contribution in [2.75, 3.05) is 32.2 Å². The molecule has 0 saturated carbocycles. The van der Waals surface area contributed by atoms with Gasteiger partial charge < -0.3 is 15.0 Å². The lowest BCUT2D eigenvalue weighted by Gasteiger charge is -2.10. The van der Waals surface area contributed by atoms with Crippen molar-refractivity contribution in [3.63, 3.8) is 0 Å². The van der Waals surface area contributed by atoms with Gasteiger partial charge in [0.25, 0.3) is 0 Å². The molecule has 2 rings (SSSR count). The molecule has 5 nitrogen and oxygen atoms in total. The summed E-state index contributed by atoms with van der Waals surface area (Å²) in [5, 5.41) is 2.78. The number of hydrogen-bond donors (Lipinski definition) is 1. The van der Waals surface area contributed by atoms with Gasteiger partial charge in [-0.15, -0.1) is 0 Å². The molecular formula is C14H18N2O3. The number of ether oxygens (including phenoxy) is 1. The number of fused-ring (bicyclic) bond motifs is 1. The highest BCUT2D eigenvalue weighted by Crippen LogP contribution is 2.28. The van der Waals surface area contributed by atoms with Crippen molar-refractivity contribution in [2.24, 2.45) is 0 Å². The lowest BCUT2D eigenvalue weighted by molar-refractivity contribution is -0.120. The Hall–Kier alpha value is -1.88. The van der Waals surface area contributed by atoms with Gasteiger partial charge in [0.15, 0.2) is 0 Å². The number of carbonyl (C=O) groups excluding carboxylic acids is 2. The Morgan fingerprint density at radius 3 is 3.00 bits per heavy atom. The summed E-state index contributed by atoms with van der Waals surface area (Å²) in [5.41, 5.74) is 2.86. The zero-order valence-electron chi connectivity index (χ0n) is 11.2. The predicted molar refractivity (Wildman–Crippen MR) is 72.1 cm³/mol. The highest BCUT2D eigenvalue weighted by Gasteiger charge is 2.23. The maximum Gasteiger partial charge on any atom is 0.231 e. The van der Waals surface area contributed by atoms with Crippen molar-refractivity contribution in [3.8, 4) is 0 Å². The van der Waals surface area contributed by atoms with E-state index < -0.39 is 0 Å². The Morgan fingerprint density at radius 1 is 1.47 bits per heavy atom. The molecule has 1 aliphatic rings. The van der Waals surface area contributed by atoms with E-state index in [9.17, 15) is 9.59 Å². The normalized spacial score (nSPS) is 13.6. The number of likely N-dealkylation sites (N-methyl/N-ethyl adjacent to an activating group) is 1. The molecule has 1 aromatic carbocycles. The van der Waals surface area contributed by atoms with Crippen molar-refractivity contribution in [1.82, 2.24) is 5.32 Å². The zero-order valence-corrected chi connectivity index (χ0v) is 11.2. The van der Waals surface area contributed by atoms with E-state index in [4.69, 9.17) is 4.74 Å². The number of hydrogen-bond acceptors (Lipinski definition) is 3. The van der Waals surface area contributed by atoms with Crippen LogP contribution in [0.3, 0.4) is 0 Å². The summed E-state index contributed by atoms with van der Waals surface area (Å²) in [5.74, 6) is 0.0615. The van der Waals surface area contributed by atoms with Gasteiger partial charge in [-0.2, -0.15) is 0 Å². The molecule has 0 radical (unpaired) electrons. The van der Waals surface area contributed by atoms with Gasteiger partial charge in [0.2, 0.25) is 11.8 Å². The summed E-state index contributed by atoms with van der Waals surface area (Å²) >= 11 is 0. The van der Waals surface area contributed by atoms with Crippen LogP contribution < -0.4 is 10.2 Å². The van der Waals surface area contributed by atoms with E-state index in [0.717, 1.165) is 16.8 Å². The van der Waals surface area contributed by atoms with Crippen molar-refractivity contribution < 1.29 is 14.3 Å². The van der Waals surface area contributed by atoms with Gasteiger partial charge in [-0.25, -0.2) is 0 Å². The second kappa shape index (κ2) is 5.84. The molecule has 0 bridgehead atoms. The molecule has 19 heavy (non-hydrogen) atoms. The number of benzene rings is 1. The first kappa shape index (κ1) is 13.5. The molecule has 102 valence electrons. The van der Waals surface area contributed by atoms with Crippen LogP contribution in [0.15, 0.2) is 18.2 Å². The van der Waals surface area contributed by atoms with E-state index in [0.29, 0.717) is 26.0 Å². The second-order valence-electron chi connectivity index (χ2n) is 4.61. The Morgan fingerprint density at radius 2 is 2.26 bits per heavy atom. The molecule has 1 heterocycles. The smallest absolute Gasteiger partial charge is 0.231 e. The molecule has 1 aliphatic heterocycles. The number of methoxy groups -OCH3 is 1. The number of nitrogens with zero attached hydrogens (tertiary/aromatic N) is 1. The Bertz CT molecular complexity index is 499. The van der Waals surface area contributed by atoms with Gasteiger partial charge >= 0.3 is 0 Å². The molecule has 0 atom stereocenters. The fourth-order valence-electron chi connectivity index (χ4n) is 2.17. The quantitative estimate of drug-likeness (QED) is 0.787. The Balaban J connectivity index is 1.98. The minimum absolute atomic E-state index is 0.0327. The van der Waals surface area contributed by atoms with Gasteiger partial charge in [0.05, 0.1) is 19.4 Å². The fraction of sp³-hybridized carbons (Fsp3) is 0.429. The van der Waals surface area contributed by atoms with Crippen molar-refractivity contribution >= 4 is 17.5 Å². The maximum absolute atomic E-state index is 11.7. The van der Waals surface area contributed by atoms with E-state index >= 15 is 0 Å². The van der Waals surface area contributed by atoms with E-state index in [2.05, 4.69) is 5.32 Å². The molecule has 1 aromatic rings. The van der Waals surface area contributed by atoms with Crippen LogP contribution in [0.1, 0.15) is 11.1 Å². The molecule has 1 N–H and O–H groups in total. The van der Waals surface area contributed by atoms with Crippen LogP contribution >= 0.6 is 0 Å². The minimum atomic E-state index is -0.0327. The summed E-state index contributed by atoms with van der Waals surface area (Å²) < 4.78 is 4.87. The Kier molecular flexibility index (Phi) is 4.16. The molecule has 0 spiro atoms. The standard InChI is InChI=1S/C14H18N2O3/c1-16-12-4-3-10(7-11(12)9-14(16)18)8-13(17)15-5-6-19-2/h3-4,7H,5-6,8-9H2,1-2H3,(H,15,17). The summed E-state index contributed by atoms with van der Waals surface area (Å²) in [4.78, 5) is 24.9. The van der Waals surface area contributed by atoms with Crippen LogP contribution in [0, 0.1) is 0 Å². The molecular weight excluding hydrogens is 244 g/mol. The average Bonchev–Trinajstić information content (AvgIpc) is 2.65. The minimum Gasteiger partial charge on any atom is -0.383 e. The van der Waals surface area contributed by atoms with Gasteiger partial charge in [0, 0.05) is 26.4 Å². The highest BCUT2D eigenvalue weighted by molar-refractivity contribution is 6.01. The number of nitrogens with one attached hydrogen (secondary N) is 1. The van der Waals surface area contributed by atoms with Crippen LogP contribution in [-0.2, 0) is 27.2 Å². The summed E-state index contributed by atoms with van der Waals surface area (Å²) in [6, 6.07) is 5.73. The third-order valence-electron chi connectivity index (χ3n) is 3.21. The monoisotopic (exact) mass is 262 g/mol. The van der Waals surface area contributed by atoms with E-state index in [-0.39, 0.29) is 11.8 Å². The van der Waals surface area contributed by atoms with Crippen LogP contribution in [0.2, 0.25) is 0 Å². The lowest BCUT2D eigenvalue weighted by Crippen LogP contribution is -2.28. The van der Waals surface area contributed by atoms with Gasteiger partial charge in [-0.05, 0) is 17.2 Å². The first-order valence-electron chi connectivity index (χ1n) is 6.26. The summed E-state index contributed by atoms with van der Waals surface area (Å²) in [6.45, 7) is 1.02. The van der Waals surface area contributed by atoms with Crippen LogP contribution in [0.25, 0.3) is 0 Å². The molecule has 5 heteroatoms. The third-order valence-corrected chi connectivity index (χ3v) is 3.21. The first-order chi connectivity index (χ1) is 9.11. The average molecular weight is 262 g/mol. The maximum atomic E-state index is 11.7. The number of rotatable bonds is 5. The number of carbonyl (C=O) groups is 2. The summed E-state index contributed by atoms with van der Waals surface area (Å²) in [7, 11) is 3.37. The van der Waals surface area contributed by atoms with Crippen molar-refractivity contribution in [3.05, 3.63) is 29.3 Å². The van der Waals surface area contributed by atoms with E-state index in [1.165, 1.54) is 0 Å². The van der Waals surface area contributed by atoms with E-state index in [1.54, 1.807) is 19.1 Å². The van der Waals surface area contributed by atoms with Gasteiger partial charge in [-0.1, -0.05) is 12.1 Å². The number of anilines is 1. The van der Waals surface area contributed by atoms with E-state index in [1.807, 2.05) is 18.2 Å². The molecule has 2 amide bonds. The lowest BCUT2D eigenvalue weighted by atomic mass is 10.1. The highest BCUT2D eigenvalue weighted by atomic mass is 16.5. The predicted octanol–water partition coefficient (Wildman–Crippen LogP) is 0.511. The molecule has 0 aliphatic carbocycles. The van der Waals surface area contributed by atoms with Crippen LogP contribution in [0.4, 0.5) is 5.69 Å². The zero-order chi connectivity index (χ0) is 13.8. The molecule has 0 saturated heterocycles. The van der Waals surface area contributed by atoms with Gasteiger partial charge in [0.1, 0.15) is 0 Å². The number of amides is 2. The first-order valence-corrected chi connectivity index (χ1v) is 6.26. The molecule has 0 fully saturated rings. The van der Waals surface area contributed by atoms with Crippen LogP contribution in [0.5, 0.6) is 0 Å². The summed E-state index contributed by atoms with van der Waals surface area (Å²) in [6.07, 6.45) is 0.750. The molecule has 0 aromatic heterocycles. The van der Waals surface area contributed by atoms with Crippen molar-refractivity contribution in [2.45, 2.75) is 12.8 Å². The Labute approximate surface area is 112 Å². The fourth-order valence-corrected chi connectivity index (χ4v) is 2.17. The third kappa shape index (κ3) is 3.12. The van der Waals surface area contributed by atoms with Crippen molar-refractivity contribution in [1.29, 1.82) is 0 Å². The topological polar surface area (TPSA) is 58.6 Å². The van der Waals surface area contributed by atoms with Crippen LogP contribution in [-0.4, -0.2) is 39.1 Å².